The van der Waals surface area contributed by atoms with E-state index in [1.807, 2.05) is 30.3 Å². The number of pyridine rings is 1. The Labute approximate surface area is 306 Å². The van der Waals surface area contributed by atoms with Crippen molar-refractivity contribution in [3.8, 4) is 67.4 Å². The molecule has 1 aliphatic heterocycles. The van der Waals surface area contributed by atoms with Crippen molar-refractivity contribution in [2.24, 2.45) is 9.98 Å². The van der Waals surface area contributed by atoms with Gasteiger partial charge in [-0.3, -0.25) is 9.98 Å². The van der Waals surface area contributed by atoms with Crippen molar-refractivity contribution in [1.29, 1.82) is 0 Å². The van der Waals surface area contributed by atoms with Gasteiger partial charge in [0.05, 0.1) is 33.3 Å². The molecule has 0 bridgehead atoms. The first-order valence-corrected chi connectivity index (χ1v) is 17.8. The third-order valence-electron chi connectivity index (χ3n) is 9.92. The third kappa shape index (κ3) is 5.56. The fraction of sp³-hybridized carbons (Fsp3) is 0.0208. The molecule has 1 aliphatic rings. The van der Waals surface area contributed by atoms with Crippen LogP contribution in [0, 0.1) is 0 Å². The highest BCUT2D eigenvalue weighted by Gasteiger charge is 2.20. The molecule has 0 saturated heterocycles. The first-order chi connectivity index (χ1) is 26.3. The standard InChI is InChI=1S/C48H31N5/c1-5-15-31(16-6-1)35-25-36(32-17-7-2-8-18-32)27-37(26-35)42-29-43(53-48(52-42)34-21-11-4-12-22-34)39-28-40-44(47-46(39)49-30-50-47)38-23-13-14-24-41(38)51-45(40)33-19-9-3-10-20-33/h1-29H,30H2. The first-order valence-electron chi connectivity index (χ1n) is 17.8. The highest BCUT2D eigenvalue weighted by Crippen LogP contribution is 2.36. The summed E-state index contributed by atoms with van der Waals surface area (Å²) in [5.41, 5.74) is 11.9. The van der Waals surface area contributed by atoms with E-state index in [2.05, 4.69) is 146 Å². The Morgan fingerprint density at radius 3 is 1.55 bits per heavy atom. The monoisotopic (exact) mass is 677 g/mol. The predicted molar refractivity (Wildman–Crippen MR) is 215 cm³/mol. The summed E-state index contributed by atoms with van der Waals surface area (Å²) in [5, 5.41) is 4.87. The fourth-order valence-electron chi connectivity index (χ4n) is 7.40. The Balaban J connectivity index is 1.27. The number of hydrogen-bond acceptors (Lipinski definition) is 5. The topological polar surface area (TPSA) is 63.4 Å². The smallest absolute Gasteiger partial charge is 0.160 e. The molecule has 5 heteroatoms. The van der Waals surface area contributed by atoms with Gasteiger partial charge in [0, 0.05) is 38.4 Å². The minimum atomic E-state index is 0.363. The van der Waals surface area contributed by atoms with E-state index >= 15 is 0 Å². The maximum absolute atomic E-state index is 5.28. The van der Waals surface area contributed by atoms with Crippen LogP contribution >= 0.6 is 0 Å². The molecule has 0 amide bonds. The molecule has 0 N–H and O–H groups in total. The van der Waals surface area contributed by atoms with Gasteiger partial charge in [-0.25, -0.2) is 15.0 Å². The number of fused-ring (bicyclic) bond motifs is 5. The van der Waals surface area contributed by atoms with Crippen molar-refractivity contribution in [3.05, 3.63) is 187 Å². The molecule has 3 heterocycles. The van der Waals surface area contributed by atoms with E-state index in [1.54, 1.807) is 0 Å². The van der Waals surface area contributed by atoms with E-state index < -0.39 is 0 Å². The molecule has 0 radical (unpaired) electrons. The Morgan fingerprint density at radius 1 is 0.358 bits per heavy atom. The zero-order valence-electron chi connectivity index (χ0n) is 28.7. The van der Waals surface area contributed by atoms with Crippen molar-refractivity contribution < 1.29 is 0 Å². The van der Waals surface area contributed by atoms with Crippen LogP contribution in [-0.4, -0.2) is 21.6 Å². The summed E-state index contributed by atoms with van der Waals surface area (Å²) in [4.78, 5) is 25.8. The minimum absolute atomic E-state index is 0.363. The molecule has 0 unspecified atom stereocenters. The average molecular weight is 678 g/mol. The summed E-state index contributed by atoms with van der Waals surface area (Å²) in [6.07, 6.45) is 0. The molecular weight excluding hydrogens is 647 g/mol. The molecular formula is C48H31N5. The summed E-state index contributed by atoms with van der Waals surface area (Å²) in [6, 6.07) is 61.0. The zero-order valence-corrected chi connectivity index (χ0v) is 28.7. The third-order valence-corrected chi connectivity index (χ3v) is 9.92. The lowest BCUT2D eigenvalue weighted by molar-refractivity contribution is 1.06. The molecule has 0 atom stereocenters. The lowest BCUT2D eigenvalue weighted by Crippen LogP contribution is -2.26. The molecule has 0 fully saturated rings. The van der Waals surface area contributed by atoms with Crippen LogP contribution in [0.25, 0.3) is 89.1 Å². The van der Waals surface area contributed by atoms with E-state index in [9.17, 15) is 0 Å². The van der Waals surface area contributed by atoms with Gasteiger partial charge in [-0.1, -0.05) is 140 Å². The van der Waals surface area contributed by atoms with Gasteiger partial charge < -0.3 is 0 Å². The summed E-state index contributed by atoms with van der Waals surface area (Å²) in [6.45, 7) is 0.363. The number of rotatable bonds is 6. The molecule has 0 spiro atoms. The molecule has 0 aliphatic carbocycles. The van der Waals surface area contributed by atoms with Crippen LogP contribution in [0.2, 0.25) is 0 Å². The lowest BCUT2D eigenvalue weighted by Gasteiger charge is -2.15. The number of para-hydroxylation sites is 1. The van der Waals surface area contributed by atoms with E-state index in [0.29, 0.717) is 12.5 Å². The summed E-state index contributed by atoms with van der Waals surface area (Å²) in [7, 11) is 0. The van der Waals surface area contributed by atoms with E-state index in [4.69, 9.17) is 24.9 Å². The van der Waals surface area contributed by atoms with Crippen molar-refractivity contribution in [1.82, 2.24) is 15.0 Å². The Hall–Kier alpha value is -7.11. The number of benzene rings is 7. The fourth-order valence-corrected chi connectivity index (χ4v) is 7.40. The highest BCUT2D eigenvalue weighted by atomic mass is 15.0. The van der Waals surface area contributed by atoms with Crippen molar-refractivity contribution in [2.75, 3.05) is 6.67 Å². The summed E-state index contributed by atoms with van der Waals surface area (Å²) in [5.74, 6) is 0.646. The molecule has 5 nitrogen and oxygen atoms in total. The first kappa shape index (κ1) is 30.7. The predicted octanol–water partition coefficient (Wildman–Crippen LogP) is 10.4. The quantitative estimate of drug-likeness (QED) is 0.165. The van der Waals surface area contributed by atoms with Crippen molar-refractivity contribution in [3.63, 3.8) is 0 Å². The number of aromatic nitrogens is 3. The number of nitrogens with zero attached hydrogens (tertiary/aromatic N) is 5. The highest BCUT2D eigenvalue weighted by molar-refractivity contribution is 6.11. The molecule has 7 aromatic carbocycles. The molecule has 9 aromatic rings. The summed E-state index contributed by atoms with van der Waals surface area (Å²) >= 11 is 0. The van der Waals surface area contributed by atoms with Gasteiger partial charge in [0.1, 0.15) is 6.67 Å². The van der Waals surface area contributed by atoms with Crippen LogP contribution in [0.1, 0.15) is 0 Å². The SMILES string of the molecule is c1ccc(-c2cc(-c3ccccc3)cc(-c3cc(-c4cc5c(-c6ccccc6)nc6ccccc6c5c5c4=NCN=5)nc(-c4ccccc4)n3)c2)cc1. The van der Waals surface area contributed by atoms with Gasteiger partial charge in [-0.05, 0) is 58.7 Å². The van der Waals surface area contributed by atoms with Crippen LogP contribution in [0.15, 0.2) is 186 Å². The van der Waals surface area contributed by atoms with Crippen LogP contribution in [0.5, 0.6) is 0 Å². The normalized spacial score (nSPS) is 12.0. The van der Waals surface area contributed by atoms with Gasteiger partial charge in [-0.15, -0.1) is 0 Å². The second-order valence-corrected chi connectivity index (χ2v) is 13.2. The van der Waals surface area contributed by atoms with Gasteiger partial charge in [0.25, 0.3) is 0 Å². The van der Waals surface area contributed by atoms with Gasteiger partial charge in [-0.2, -0.15) is 0 Å². The van der Waals surface area contributed by atoms with Crippen LogP contribution < -0.4 is 10.7 Å². The van der Waals surface area contributed by atoms with E-state index in [1.165, 1.54) is 0 Å². The maximum atomic E-state index is 5.28. The minimum Gasteiger partial charge on any atom is -0.259 e. The molecule has 0 saturated carbocycles. The van der Waals surface area contributed by atoms with Crippen molar-refractivity contribution in [2.45, 2.75) is 0 Å². The maximum Gasteiger partial charge on any atom is 0.160 e. The average Bonchev–Trinajstić information content (AvgIpc) is 3.74. The molecule has 2 aromatic heterocycles. The van der Waals surface area contributed by atoms with Crippen LogP contribution in [0.4, 0.5) is 0 Å². The molecule has 10 rings (SSSR count). The number of hydrogen-bond donors (Lipinski definition) is 0. The van der Waals surface area contributed by atoms with Crippen molar-refractivity contribution >= 4 is 21.7 Å². The zero-order chi connectivity index (χ0) is 35.1. The largest absolute Gasteiger partial charge is 0.259 e. The van der Waals surface area contributed by atoms with Gasteiger partial charge in [0.15, 0.2) is 5.82 Å². The Morgan fingerprint density at radius 2 is 0.887 bits per heavy atom. The van der Waals surface area contributed by atoms with E-state index in [-0.39, 0.29) is 0 Å². The second-order valence-electron chi connectivity index (χ2n) is 13.2. The summed E-state index contributed by atoms with van der Waals surface area (Å²) < 4.78 is 0. The second kappa shape index (κ2) is 12.9. The Bertz CT molecular complexity index is 2890. The van der Waals surface area contributed by atoms with Gasteiger partial charge >= 0.3 is 0 Å². The molecule has 53 heavy (non-hydrogen) atoms. The lowest BCUT2D eigenvalue weighted by atomic mass is 9.93. The van der Waals surface area contributed by atoms with E-state index in [0.717, 1.165) is 94.0 Å². The van der Waals surface area contributed by atoms with Crippen LogP contribution in [0.3, 0.4) is 0 Å². The Kier molecular flexibility index (Phi) is 7.47. The molecule has 248 valence electrons. The van der Waals surface area contributed by atoms with Gasteiger partial charge in [0.2, 0.25) is 0 Å². The van der Waals surface area contributed by atoms with Crippen LogP contribution in [-0.2, 0) is 0 Å².